The molecule has 0 aromatic carbocycles. The number of hydrogen-bond acceptors (Lipinski definition) is 5. The summed E-state index contributed by atoms with van der Waals surface area (Å²) >= 11 is 0. The molecule has 4 rings (SSSR count). The molecule has 1 N–H and O–H groups in total. The van der Waals surface area contributed by atoms with E-state index in [0.717, 1.165) is 56.1 Å². The van der Waals surface area contributed by atoms with E-state index in [2.05, 4.69) is 34.3 Å². The fourth-order valence-electron chi connectivity index (χ4n) is 4.61. The molecule has 2 aliphatic rings. The number of carbonyl (C=O) groups is 1. The maximum Gasteiger partial charge on any atom is 0.223 e. The summed E-state index contributed by atoms with van der Waals surface area (Å²) in [6.07, 6.45) is 10.5. The van der Waals surface area contributed by atoms with Crippen LogP contribution in [0.3, 0.4) is 0 Å². The maximum absolute atomic E-state index is 12.8. The molecule has 7 nitrogen and oxygen atoms in total. The Bertz CT molecular complexity index is 816. The molecule has 2 aromatic heterocycles. The van der Waals surface area contributed by atoms with Crippen LogP contribution < -0.4 is 10.2 Å². The summed E-state index contributed by atoms with van der Waals surface area (Å²) in [6, 6.07) is 4.38. The first-order valence-electron chi connectivity index (χ1n) is 11.4. The van der Waals surface area contributed by atoms with E-state index in [1.54, 1.807) is 0 Å². The molecule has 1 amide bonds. The van der Waals surface area contributed by atoms with Crippen molar-refractivity contribution < 1.29 is 4.79 Å². The Morgan fingerprint density at radius 3 is 2.38 bits per heavy atom. The molecule has 7 heteroatoms. The van der Waals surface area contributed by atoms with Crippen molar-refractivity contribution in [2.45, 2.75) is 83.6 Å². The molecule has 158 valence electrons. The lowest BCUT2D eigenvalue weighted by Gasteiger charge is -2.33. The summed E-state index contributed by atoms with van der Waals surface area (Å²) in [5.74, 6) is 2.49. The van der Waals surface area contributed by atoms with Gasteiger partial charge in [-0.25, -0.2) is 0 Å². The van der Waals surface area contributed by atoms with Crippen LogP contribution in [0, 0.1) is 5.92 Å². The second-order valence-corrected chi connectivity index (χ2v) is 8.99. The van der Waals surface area contributed by atoms with Gasteiger partial charge >= 0.3 is 0 Å². The van der Waals surface area contributed by atoms with Crippen LogP contribution in [0.25, 0.3) is 5.65 Å². The fourth-order valence-corrected chi connectivity index (χ4v) is 4.61. The molecule has 0 spiro atoms. The van der Waals surface area contributed by atoms with Gasteiger partial charge in [0.1, 0.15) is 5.82 Å². The van der Waals surface area contributed by atoms with Gasteiger partial charge in [-0.05, 0) is 37.8 Å². The summed E-state index contributed by atoms with van der Waals surface area (Å²) in [6.45, 7) is 5.93. The normalized spacial score (nSPS) is 20.0. The highest BCUT2D eigenvalue weighted by molar-refractivity contribution is 5.79. The van der Waals surface area contributed by atoms with Gasteiger partial charge in [0.2, 0.25) is 5.91 Å². The number of nitrogens with one attached hydrogen (secondary N) is 1. The number of nitrogens with zero attached hydrogens (tertiary/aromatic N) is 5. The first-order chi connectivity index (χ1) is 14.1. The predicted molar refractivity (Wildman–Crippen MR) is 114 cm³/mol. The van der Waals surface area contributed by atoms with Gasteiger partial charge in [-0.15, -0.1) is 15.3 Å². The van der Waals surface area contributed by atoms with E-state index in [1.165, 1.54) is 32.1 Å². The Morgan fingerprint density at radius 1 is 1.00 bits per heavy atom. The highest BCUT2D eigenvalue weighted by Gasteiger charge is 2.27. The minimum atomic E-state index is 0.126. The lowest BCUT2D eigenvalue weighted by molar-refractivity contribution is -0.126. The molecule has 3 heterocycles. The minimum absolute atomic E-state index is 0.126. The quantitative estimate of drug-likeness (QED) is 0.850. The van der Waals surface area contributed by atoms with Gasteiger partial charge in [-0.1, -0.05) is 46.0 Å². The zero-order chi connectivity index (χ0) is 20.2. The van der Waals surface area contributed by atoms with Gasteiger partial charge in [0.25, 0.3) is 0 Å². The standard InChI is InChI=1S/C22H34N6O/c1-16(2)21-25-24-19-10-11-20(26-28(19)21)27-14-12-17(13-15-27)22(29)23-18-8-6-4-3-5-7-9-18/h10-11,16-18H,3-9,12-15H2,1-2H3,(H,23,29). The number of hydrogen-bond donors (Lipinski definition) is 1. The van der Waals surface area contributed by atoms with Crippen LogP contribution in [0.2, 0.25) is 0 Å². The van der Waals surface area contributed by atoms with Crippen molar-refractivity contribution in [1.29, 1.82) is 0 Å². The average Bonchev–Trinajstić information content (AvgIpc) is 3.13. The summed E-state index contributed by atoms with van der Waals surface area (Å²) in [4.78, 5) is 15.1. The van der Waals surface area contributed by atoms with Crippen molar-refractivity contribution in [2.24, 2.45) is 5.92 Å². The lowest BCUT2D eigenvalue weighted by Crippen LogP contribution is -2.44. The van der Waals surface area contributed by atoms with E-state index >= 15 is 0 Å². The Kier molecular flexibility index (Phi) is 6.31. The van der Waals surface area contributed by atoms with Crippen molar-refractivity contribution in [3.63, 3.8) is 0 Å². The zero-order valence-electron chi connectivity index (χ0n) is 17.8. The van der Waals surface area contributed by atoms with E-state index in [-0.39, 0.29) is 17.7 Å². The molecule has 2 aromatic rings. The van der Waals surface area contributed by atoms with Gasteiger partial charge < -0.3 is 10.2 Å². The van der Waals surface area contributed by atoms with E-state index < -0.39 is 0 Å². The lowest BCUT2D eigenvalue weighted by atomic mass is 9.93. The molecule has 2 fully saturated rings. The SMILES string of the molecule is CC(C)c1nnc2ccc(N3CCC(C(=O)NC4CCCCCCC4)CC3)nn12. The molecule has 1 aliphatic carbocycles. The van der Waals surface area contributed by atoms with Gasteiger partial charge in [-0.2, -0.15) is 4.52 Å². The fraction of sp³-hybridized carbons (Fsp3) is 0.727. The number of amides is 1. The zero-order valence-corrected chi connectivity index (χ0v) is 17.8. The van der Waals surface area contributed by atoms with Crippen molar-refractivity contribution in [3.05, 3.63) is 18.0 Å². The molecule has 1 saturated heterocycles. The second-order valence-electron chi connectivity index (χ2n) is 8.99. The number of aromatic nitrogens is 4. The molecule has 0 atom stereocenters. The number of anilines is 1. The summed E-state index contributed by atoms with van der Waals surface area (Å²) < 4.78 is 1.85. The average molecular weight is 399 g/mol. The molecule has 0 unspecified atom stereocenters. The summed E-state index contributed by atoms with van der Waals surface area (Å²) in [5, 5.41) is 16.6. The van der Waals surface area contributed by atoms with Crippen LogP contribution in [0.4, 0.5) is 5.82 Å². The van der Waals surface area contributed by atoms with Gasteiger partial charge in [-0.3, -0.25) is 4.79 Å². The van der Waals surface area contributed by atoms with Crippen molar-refractivity contribution >= 4 is 17.4 Å². The topological polar surface area (TPSA) is 75.4 Å². The number of piperidine rings is 1. The van der Waals surface area contributed by atoms with Crippen molar-refractivity contribution in [1.82, 2.24) is 25.1 Å². The number of carbonyl (C=O) groups excluding carboxylic acids is 1. The first-order valence-corrected chi connectivity index (χ1v) is 11.4. The van der Waals surface area contributed by atoms with Crippen molar-refractivity contribution in [2.75, 3.05) is 18.0 Å². The van der Waals surface area contributed by atoms with Crippen LogP contribution in [0.1, 0.15) is 83.4 Å². The summed E-state index contributed by atoms with van der Waals surface area (Å²) in [5.41, 5.74) is 0.783. The van der Waals surface area contributed by atoms with Crippen LogP contribution in [0.15, 0.2) is 12.1 Å². The Hall–Kier alpha value is -2.18. The predicted octanol–water partition coefficient (Wildman–Crippen LogP) is 3.69. The van der Waals surface area contributed by atoms with Crippen molar-refractivity contribution in [3.8, 4) is 0 Å². The van der Waals surface area contributed by atoms with Gasteiger partial charge in [0.15, 0.2) is 11.5 Å². The van der Waals surface area contributed by atoms with Crippen LogP contribution in [-0.2, 0) is 4.79 Å². The second kappa shape index (κ2) is 9.09. The number of rotatable bonds is 4. The molecule has 0 radical (unpaired) electrons. The van der Waals surface area contributed by atoms with E-state index in [4.69, 9.17) is 5.10 Å². The van der Waals surface area contributed by atoms with E-state index in [9.17, 15) is 4.79 Å². The van der Waals surface area contributed by atoms with Crippen LogP contribution >= 0.6 is 0 Å². The molecule has 1 aliphatic heterocycles. The molecular weight excluding hydrogens is 364 g/mol. The Morgan fingerprint density at radius 2 is 1.69 bits per heavy atom. The molecule has 29 heavy (non-hydrogen) atoms. The van der Waals surface area contributed by atoms with E-state index in [0.29, 0.717) is 6.04 Å². The Labute approximate surface area is 173 Å². The third kappa shape index (κ3) is 4.70. The summed E-state index contributed by atoms with van der Waals surface area (Å²) in [7, 11) is 0. The van der Waals surface area contributed by atoms with Crippen LogP contribution in [-0.4, -0.2) is 44.8 Å². The van der Waals surface area contributed by atoms with E-state index in [1.807, 2.05) is 16.6 Å². The smallest absolute Gasteiger partial charge is 0.223 e. The minimum Gasteiger partial charge on any atom is -0.355 e. The highest BCUT2D eigenvalue weighted by Crippen LogP contribution is 2.24. The number of fused-ring (bicyclic) bond motifs is 1. The third-order valence-electron chi connectivity index (χ3n) is 6.43. The molecular formula is C22H34N6O. The van der Waals surface area contributed by atoms with Crippen LogP contribution in [0.5, 0.6) is 0 Å². The molecule has 1 saturated carbocycles. The van der Waals surface area contributed by atoms with Gasteiger partial charge in [0, 0.05) is 31.0 Å². The Balaban J connectivity index is 1.34. The van der Waals surface area contributed by atoms with Gasteiger partial charge in [0.05, 0.1) is 0 Å². The maximum atomic E-state index is 12.8. The monoisotopic (exact) mass is 398 g/mol. The third-order valence-corrected chi connectivity index (χ3v) is 6.43. The highest BCUT2D eigenvalue weighted by atomic mass is 16.1. The molecule has 0 bridgehead atoms. The largest absolute Gasteiger partial charge is 0.355 e. The first kappa shape index (κ1) is 20.1.